The van der Waals surface area contributed by atoms with Crippen LogP contribution in [0.5, 0.6) is 0 Å². The number of anilines is 2. The molecule has 4 heteroatoms. The van der Waals surface area contributed by atoms with Crippen LogP contribution >= 0.6 is 0 Å². The number of benzene rings is 1. The van der Waals surface area contributed by atoms with Crippen molar-refractivity contribution < 1.29 is 4.79 Å². The van der Waals surface area contributed by atoms with Crippen molar-refractivity contribution in [3.8, 4) is 0 Å². The maximum atomic E-state index is 11.6. The van der Waals surface area contributed by atoms with Crippen molar-refractivity contribution in [2.75, 3.05) is 17.6 Å². The third-order valence-corrected chi connectivity index (χ3v) is 2.56. The number of nitrogens with two attached hydrogens (primary N) is 1. The van der Waals surface area contributed by atoms with Crippen LogP contribution in [0.1, 0.15) is 32.8 Å². The van der Waals surface area contributed by atoms with Crippen LogP contribution in [0.3, 0.4) is 0 Å². The minimum Gasteiger partial charge on any atom is -0.398 e. The first kappa shape index (κ1) is 14.4. The van der Waals surface area contributed by atoms with Gasteiger partial charge in [-0.15, -0.1) is 0 Å². The van der Waals surface area contributed by atoms with Crippen LogP contribution in [0.4, 0.5) is 11.4 Å². The molecule has 18 heavy (non-hydrogen) atoms. The molecule has 100 valence electrons. The van der Waals surface area contributed by atoms with Gasteiger partial charge in [0.25, 0.3) is 0 Å². The predicted molar refractivity (Wildman–Crippen MR) is 76.6 cm³/mol. The number of nitrogens with one attached hydrogen (secondary N) is 2. The lowest BCUT2D eigenvalue weighted by molar-refractivity contribution is -0.122. The summed E-state index contributed by atoms with van der Waals surface area (Å²) >= 11 is 0. The average molecular weight is 249 g/mol. The molecule has 1 rings (SSSR count). The number of hydrogen-bond acceptors (Lipinski definition) is 3. The zero-order chi connectivity index (χ0) is 13.8. The van der Waals surface area contributed by atoms with E-state index in [2.05, 4.69) is 10.6 Å². The average Bonchev–Trinajstić information content (AvgIpc) is 2.21. The van der Waals surface area contributed by atoms with E-state index in [0.717, 1.165) is 16.9 Å². The third-order valence-electron chi connectivity index (χ3n) is 2.56. The number of rotatable bonds is 4. The van der Waals surface area contributed by atoms with Gasteiger partial charge in [0, 0.05) is 29.9 Å². The van der Waals surface area contributed by atoms with Crippen molar-refractivity contribution in [1.29, 1.82) is 0 Å². The molecule has 1 aromatic rings. The molecule has 4 nitrogen and oxygen atoms in total. The molecule has 1 aromatic carbocycles. The van der Waals surface area contributed by atoms with E-state index in [1.807, 2.05) is 45.9 Å². The Bertz CT molecular complexity index is 422. The Morgan fingerprint density at radius 2 is 2.00 bits per heavy atom. The standard InChI is InChI=1S/C14H23N3O/c1-10-11(15)6-5-7-12(10)16-9-8-13(18)17-14(2,3)4/h5-7,16H,8-9,15H2,1-4H3,(H,17,18). The molecule has 4 N–H and O–H groups in total. The van der Waals surface area contributed by atoms with Gasteiger partial charge in [0.15, 0.2) is 0 Å². The van der Waals surface area contributed by atoms with Crippen molar-refractivity contribution in [2.45, 2.75) is 39.7 Å². The van der Waals surface area contributed by atoms with E-state index in [0.29, 0.717) is 13.0 Å². The van der Waals surface area contributed by atoms with Crippen molar-refractivity contribution in [3.05, 3.63) is 23.8 Å². The molecule has 0 radical (unpaired) electrons. The number of hydrogen-bond donors (Lipinski definition) is 3. The SMILES string of the molecule is Cc1c(N)cccc1NCCC(=O)NC(C)(C)C. The van der Waals surface area contributed by atoms with E-state index in [1.165, 1.54) is 0 Å². The normalized spacial score (nSPS) is 11.1. The second-order valence-corrected chi connectivity index (χ2v) is 5.49. The number of nitrogen functional groups attached to an aromatic ring is 1. The zero-order valence-electron chi connectivity index (χ0n) is 11.6. The maximum absolute atomic E-state index is 11.6. The summed E-state index contributed by atoms with van der Waals surface area (Å²) in [5.74, 6) is 0.0524. The Morgan fingerprint density at radius 3 is 2.61 bits per heavy atom. The van der Waals surface area contributed by atoms with Gasteiger partial charge in [-0.3, -0.25) is 4.79 Å². The second kappa shape index (κ2) is 5.76. The molecule has 0 saturated carbocycles. The molecule has 0 aromatic heterocycles. The van der Waals surface area contributed by atoms with Crippen LogP contribution in [-0.2, 0) is 4.79 Å². The fraction of sp³-hybridized carbons (Fsp3) is 0.500. The lowest BCUT2D eigenvalue weighted by Crippen LogP contribution is -2.41. The predicted octanol–water partition coefficient (Wildman–Crippen LogP) is 2.29. The summed E-state index contributed by atoms with van der Waals surface area (Å²) < 4.78 is 0. The highest BCUT2D eigenvalue weighted by molar-refractivity contribution is 5.77. The molecule has 0 aliphatic carbocycles. The van der Waals surface area contributed by atoms with E-state index >= 15 is 0 Å². The molecule has 0 atom stereocenters. The summed E-state index contributed by atoms with van der Waals surface area (Å²) in [4.78, 5) is 11.6. The van der Waals surface area contributed by atoms with Gasteiger partial charge in [-0.25, -0.2) is 0 Å². The molecule has 0 aliphatic rings. The fourth-order valence-corrected chi connectivity index (χ4v) is 1.64. The highest BCUT2D eigenvalue weighted by Crippen LogP contribution is 2.20. The zero-order valence-corrected chi connectivity index (χ0v) is 11.6. The Hall–Kier alpha value is -1.71. The fourth-order valence-electron chi connectivity index (χ4n) is 1.64. The van der Waals surface area contributed by atoms with Crippen molar-refractivity contribution >= 4 is 17.3 Å². The van der Waals surface area contributed by atoms with Crippen LogP contribution in [0.25, 0.3) is 0 Å². The Labute approximate surface area is 109 Å². The first-order chi connectivity index (χ1) is 8.29. The van der Waals surface area contributed by atoms with Crippen LogP contribution in [-0.4, -0.2) is 18.0 Å². The minimum atomic E-state index is -0.176. The monoisotopic (exact) mass is 249 g/mol. The smallest absolute Gasteiger partial charge is 0.222 e. The van der Waals surface area contributed by atoms with E-state index in [4.69, 9.17) is 5.73 Å². The summed E-state index contributed by atoms with van der Waals surface area (Å²) in [6.07, 6.45) is 0.450. The van der Waals surface area contributed by atoms with Crippen LogP contribution in [0.15, 0.2) is 18.2 Å². The summed E-state index contributed by atoms with van der Waals surface area (Å²) in [6, 6.07) is 5.74. The van der Waals surface area contributed by atoms with Crippen molar-refractivity contribution in [1.82, 2.24) is 5.32 Å². The summed E-state index contributed by atoms with van der Waals surface area (Å²) in [5, 5.41) is 6.16. The molecule has 0 bridgehead atoms. The van der Waals surface area contributed by atoms with Gasteiger partial charge in [-0.1, -0.05) is 6.07 Å². The van der Waals surface area contributed by atoms with E-state index < -0.39 is 0 Å². The molecular formula is C14H23N3O. The molecule has 0 aliphatic heterocycles. The lowest BCUT2D eigenvalue weighted by Gasteiger charge is -2.20. The molecular weight excluding hydrogens is 226 g/mol. The van der Waals surface area contributed by atoms with Gasteiger partial charge in [-0.05, 0) is 45.4 Å². The van der Waals surface area contributed by atoms with Crippen LogP contribution < -0.4 is 16.4 Å². The Morgan fingerprint density at radius 1 is 1.33 bits per heavy atom. The van der Waals surface area contributed by atoms with Crippen molar-refractivity contribution in [2.24, 2.45) is 0 Å². The Kier molecular flexibility index (Phi) is 4.59. The summed E-state index contributed by atoms with van der Waals surface area (Å²) in [6.45, 7) is 8.49. The van der Waals surface area contributed by atoms with Gasteiger partial charge in [0.05, 0.1) is 0 Å². The first-order valence-corrected chi connectivity index (χ1v) is 6.19. The van der Waals surface area contributed by atoms with Crippen LogP contribution in [0.2, 0.25) is 0 Å². The minimum absolute atomic E-state index is 0.0524. The number of amides is 1. The number of carbonyl (C=O) groups is 1. The maximum Gasteiger partial charge on any atom is 0.222 e. The molecule has 0 spiro atoms. The Balaban J connectivity index is 2.43. The van der Waals surface area contributed by atoms with E-state index in [-0.39, 0.29) is 11.4 Å². The van der Waals surface area contributed by atoms with Gasteiger partial charge in [-0.2, -0.15) is 0 Å². The molecule has 1 amide bonds. The highest BCUT2D eigenvalue weighted by Gasteiger charge is 2.13. The highest BCUT2D eigenvalue weighted by atomic mass is 16.1. The molecule has 0 unspecified atom stereocenters. The largest absolute Gasteiger partial charge is 0.398 e. The number of carbonyl (C=O) groups excluding carboxylic acids is 1. The topological polar surface area (TPSA) is 67.1 Å². The van der Waals surface area contributed by atoms with Crippen LogP contribution in [0, 0.1) is 6.92 Å². The third kappa shape index (κ3) is 4.65. The van der Waals surface area contributed by atoms with Crippen molar-refractivity contribution in [3.63, 3.8) is 0 Å². The molecule has 0 saturated heterocycles. The van der Waals surface area contributed by atoms with E-state index in [9.17, 15) is 4.79 Å². The second-order valence-electron chi connectivity index (χ2n) is 5.49. The van der Waals surface area contributed by atoms with Gasteiger partial charge < -0.3 is 16.4 Å². The molecule has 0 heterocycles. The summed E-state index contributed by atoms with van der Waals surface area (Å²) in [7, 11) is 0. The lowest BCUT2D eigenvalue weighted by atomic mass is 10.1. The van der Waals surface area contributed by atoms with Gasteiger partial charge in [0.1, 0.15) is 0 Å². The van der Waals surface area contributed by atoms with Gasteiger partial charge in [0.2, 0.25) is 5.91 Å². The quantitative estimate of drug-likeness (QED) is 0.717. The first-order valence-electron chi connectivity index (χ1n) is 6.19. The van der Waals surface area contributed by atoms with E-state index in [1.54, 1.807) is 0 Å². The van der Waals surface area contributed by atoms with Gasteiger partial charge >= 0.3 is 0 Å². The summed E-state index contributed by atoms with van der Waals surface area (Å²) in [5.41, 5.74) is 8.41. The molecule has 0 fully saturated rings.